The van der Waals surface area contributed by atoms with Gasteiger partial charge in [-0.25, -0.2) is 8.42 Å². The maximum absolute atomic E-state index is 12.3. The second-order valence-electron chi connectivity index (χ2n) is 4.36. The molecule has 0 bridgehead atoms. The van der Waals surface area contributed by atoms with Gasteiger partial charge in [0.2, 0.25) is 0 Å². The molecule has 19 heavy (non-hydrogen) atoms. The van der Waals surface area contributed by atoms with Gasteiger partial charge in [-0.3, -0.25) is 4.98 Å². The maximum atomic E-state index is 12.3. The third kappa shape index (κ3) is 3.12. The lowest BCUT2D eigenvalue weighted by atomic mass is 10.2. The molecule has 2 aromatic rings. The van der Waals surface area contributed by atoms with Gasteiger partial charge in [-0.05, 0) is 36.8 Å². The maximum Gasteiger partial charge on any atom is 0.179 e. The molecule has 0 radical (unpaired) electrons. The Kier molecular flexibility index (Phi) is 3.85. The Hall–Kier alpha value is -1.88. The van der Waals surface area contributed by atoms with Gasteiger partial charge in [-0.1, -0.05) is 12.1 Å². The first kappa shape index (κ1) is 13.5. The van der Waals surface area contributed by atoms with Crippen molar-refractivity contribution in [2.75, 3.05) is 11.5 Å². The number of hydrogen-bond acceptors (Lipinski definition) is 4. The summed E-state index contributed by atoms with van der Waals surface area (Å²) in [5.41, 5.74) is 7.63. The summed E-state index contributed by atoms with van der Waals surface area (Å²) in [6, 6.07) is 10.4. The summed E-state index contributed by atoms with van der Waals surface area (Å²) in [5, 5.41) is 0. The lowest BCUT2D eigenvalue weighted by molar-refractivity contribution is 0.594. The number of rotatable bonds is 4. The average molecular weight is 276 g/mol. The minimum Gasteiger partial charge on any atom is -0.398 e. The van der Waals surface area contributed by atoms with Crippen molar-refractivity contribution in [3.8, 4) is 0 Å². The molecular formula is C14H16N2O2S. The van der Waals surface area contributed by atoms with E-state index in [1.54, 1.807) is 37.4 Å². The molecule has 0 fully saturated rings. The quantitative estimate of drug-likeness (QED) is 0.867. The van der Waals surface area contributed by atoms with Gasteiger partial charge in [0.25, 0.3) is 0 Å². The van der Waals surface area contributed by atoms with E-state index in [0.717, 1.165) is 5.69 Å². The fourth-order valence-corrected chi connectivity index (χ4v) is 3.43. The summed E-state index contributed by atoms with van der Waals surface area (Å²) < 4.78 is 24.6. The molecule has 0 aliphatic carbocycles. The van der Waals surface area contributed by atoms with Crippen LogP contribution >= 0.6 is 0 Å². The molecule has 0 saturated heterocycles. The Morgan fingerprint density at radius 1 is 1.16 bits per heavy atom. The van der Waals surface area contributed by atoms with Gasteiger partial charge in [0, 0.05) is 24.0 Å². The Bertz CT molecular complexity index is 667. The van der Waals surface area contributed by atoms with Gasteiger partial charge in [0.05, 0.1) is 10.6 Å². The first-order chi connectivity index (χ1) is 9.00. The molecule has 0 unspecified atom stereocenters. The largest absolute Gasteiger partial charge is 0.398 e. The van der Waals surface area contributed by atoms with E-state index < -0.39 is 9.84 Å². The first-order valence-corrected chi connectivity index (χ1v) is 7.64. The molecule has 100 valence electrons. The fraction of sp³-hybridized carbons (Fsp3) is 0.214. The van der Waals surface area contributed by atoms with Crippen LogP contribution in [-0.4, -0.2) is 19.2 Å². The van der Waals surface area contributed by atoms with Crippen molar-refractivity contribution in [3.05, 3.63) is 53.9 Å². The molecule has 0 amide bonds. The van der Waals surface area contributed by atoms with Crippen molar-refractivity contribution in [2.45, 2.75) is 18.2 Å². The molecule has 1 aromatic heterocycles. The normalized spacial score (nSPS) is 11.4. The van der Waals surface area contributed by atoms with E-state index in [-0.39, 0.29) is 5.75 Å². The number of sulfone groups is 1. The Labute approximate surface area is 113 Å². The predicted molar refractivity (Wildman–Crippen MR) is 75.6 cm³/mol. The summed E-state index contributed by atoms with van der Waals surface area (Å²) in [5.74, 6) is 0.0360. The van der Waals surface area contributed by atoms with Crippen LogP contribution in [0, 0.1) is 6.92 Å². The van der Waals surface area contributed by atoms with Crippen LogP contribution in [-0.2, 0) is 16.3 Å². The third-order valence-corrected chi connectivity index (χ3v) is 4.87. The highest BCUT2D eigenvalue weighted by Gasteiger charge is 2.18. The topological polar surface area (TPSA) is 73.1 Å². The summed E-state index contributed by atoms with van der Waals surface area (Å²) in [4.78, 5) is 4.44. The van der Waals surface area contributed by atoms with E-state index in [9.17, 15) is 8.42 Å². The number of nitrogens with two attached hydrogens (primary N) is 1. The highest BCUT2D eigenvalue weighted by Crippen LogP contribution is 2.22. The summed E-state index contributed by atoms with van der Waals surface area (Å²) >= 11 is 0. The number of aromatic nitrogens is 1. The first-order valence-electron chi connectivity index (χ1n) is 5.98. The molecule has 0 atom stereocenters. The zero-order chi connectivity index (χ0) is 13.9. The fourth-order valence-electron chi connectivity index (χ4n) is 1.86. The Balaban J connectivity index is 2.22. The van der Waals surface area contributed by atoms with Crippen LogP contribution in [0.15, 0.2) is 47.5 Å². The standard InChI is InChI=1S/C14H16N2O2S/c1-11-13(15)6-4-7-14(11)19(17,18)10-8-12-5-2-3-9-16-12/h2-7,9H,8,10,15H2,1H3. The number of nitrogens with zero attached hydrogens (tertiary/aromatic N) is 1. The summed E-state index contributed by atoms with van der Waals surface area (Å²) in [6.45, 7) is 1.73. The van der Waals surface area contributed by atoms with E-state index in [0.29, 0.717) is 22.6 Å². The van der Waals surface area contributed by atoms with Crippen LogP contribution in [0.4, 0.5) is 5.69 Å². The van der Waals surface area contributed by atoms with Crippen LogP contribution in [0.5, 0.6) is 0 Å². The molecule has 0 saturated carbocycles. The highest BCUT2D eigenvalue weighted by atomic mass is 32.2. The van der Waals surface area contributed by atoms with Crippen LogP contribution in [0.3, 0.4) is 0 Å². The smallest absolute Gasteiger partial charge is 0.179 e. The molecule has 1 heterocycles. The SMILES string of the molecule is Cc1c(N)cccc1S(=O)(=O)CCc1ccccn1. The van der Waals surface area contributed by atoms with Crippen LogP contribution in [0.1, 0.15) is 11.3 Å². The summed E-state index contributed by atoms with van der Waals surface area (Å²) in [7, 11) is -3.33. The van der Waals surface area contributed by atoms with Crippen molar-refractivity contribution in [2.24, 2.45) is 0 Å². The van der Waals surface area contributed by atoms with Gasteiger partial charge < -0.3 is 5.73 Å². The predicted octanol–water partition coefficient (Wildman–Crippen LogP) is 1.99. The number of hydrogen-bond donors (Lipinski definition) is 1. The number of pyridine rings is 1. The summed E-state index contributed by atoms with van der Waals surface area (Å²) in [6.07, 6.45) is 2.06. The van der Waals surface area contributed by atoms with Crippen molar-refractivity contribution in [1.82, 2.24) is 4.98 Å². The molecular weight excluding hydrogens is 260 g/mol. The van der Waals surface area contributed by atoms with E-state index in [1.165, 1.54) is 0 Å². The van der Waals surface area contributed by atoms with Gasteiger partial charge in [-0.2, -0.15) is 0 Å². The number of benzene rings is 1. The molecule has 5 heteroatoms. The number of anilines is 1. The molecule has 0 aliphatic rings. The van der Waals surface area contributed by atoms with E-state index in [4.69, 9.17) is 5.73 Å². The monoisotopic (exact) mass is 276 g/mol. The molecule has 0 aliphatic heterocycles. The molecule has 2 rings (SSSR count). The van der Waals surface area contributed by atoms with E-state index in [2.05, 4.69) is 4.98 Å². The lowest BCUT2D eigenvalue weighted by Crippen LogP contribution is -2.12. The van der Waals surface area contributed by atoms with Crippen LogP contribution in [0.25, 0.3) is 0 Å². The van der Waals surface area contributed by atoms with Crippen LogP contribution < -0.4 is 5.73 Å². The Morgan fingerprint density at radius 3 is 2.63 bits per heavy atom. The molecule has 2 N–H and O–H groups in total. The van der Waals surface area contributed by atoms with Crippen molar-refractivity contribution < 1.29 is 8.42 Å². The second-order valence-corrected chi connectivity index (χ2v) is 6.44. The zero-order valence-electron chi connectivity index (χ0n) is 10.7. The highest BCUT2D eigenvalue weighted by molar-refractivity contribution is 7.91. The minimum atomic E-state index is -3.33. The Morgan fingerprint density at radius 2 is 1.95 bits per heavy atom. The molecule has 4 nitrogen and oxygen atoms in total. The minimum absolute atomic E-state index is 0.0360. The van der Waals surface area contributed by atoms with E-state index in [1.807, 2.05) is 12.1 Å². The van der Waals surface area contributed by atoms with Crippen molar-refractivity contribution in [3.63, 3.8) is 0 Å². The molecule has 1 aromatic carbocycles. The second kappa shape index (κ2) is 5.40. The van der Waals surface area contributed by atoms with Crippen molar-refractivity contribution >= 4 is 15.5 Å². The average Bonchev–Trinajstić information content (AvgIpc) is 2.41. The van der Waals surface area contributed by atoms with Crippen LogP contribution in [0.2, 0.25) is 0 Å². The lowest BCUT2D eigenvalue weighted by Gasteiger charge is -2.09. The third-order valence-electron chi connectivity index (χ3n) is 3.01. The van der Waals surface area contributed by atoms with Gasteiger partial charge in [0.15, 0.2) is 9.84 Å². The van der Waals surface area contributed by atoms with Crippen molar-refractivity contribution in [1.29, 1.82) is 0 Å². The number of nitrogen functional groups attached to an aromatic ring is 1. The van der Waals surface area contributed by atoms with Gasteiger partial charge in [0.1, 0.15) is 0 Å². The molecule has 0 spiro atoms. The number of aryl methyl sites for hydroxylation is 1. The van der Waals surface area contributed by atoms with Gasteiger partial charge >= 0.3 is 0 Å². The van der Waals surface area contributed by atoms with E-state index >= 15 is 0 Å². The van der Waals surface area contributed by atoms with Gasteiger partial charge in [-0.15, -0.1) is 0 Å². The zero-order valence-corrected chi connectivity index (χ0v) is 11.5.